The minimum absolute atomic E-state index is 0.0475. The summed E-state index contributed by atoms with van der Waals surface area (Å²) in [6.07, 6.45) is 5.34. The molecule has 1 heterocycles. The molecular formula is C17H28N2O3. The van der Waals surface area contributed by atoms with Gasteiger partial charge in [0, 0.05) is 31.8 Å². The Morgan fingerprint density at radius 1 is 1.14 bits per heavy atom. The maximum Gasteiger partial charge on any atom is 0.229 e. The van der Waals surface area contributed by atoms with E-state index in [1.807, 2.05) is 0 Å². The summed E-state index contributed by atoms with van der Waals surface area (Å²) in [6.45, 7) is 6.90. The zero-order valence-electron chi connectivity index (χ0n) is 14.0. The zero-order chi connectivity index (χ0) is 16.3. The Kier molecular flexibility index (Phi) is 5.24. The highest BCUT2D eigenvalue weighted by Gasteiger charge is 2.35. The fourth-order valence-electron chi connectivity index (χ4n) is 3.70. The van der Waals surface area contributed by atoms with Crippen LogP contribution in [0.15, 0.2) is 0 Å². The van der Waals surface area contributed by atoms with Gasteiger partial charge in [-0.05, 0) is 24.2 Å². The molecule has 22 heavy (non-hydrogen) atoms. The largest absolute Gasteiger partial charge is 0.353 e. The van der Waals surface area contributed by atoms with Crippen LogP contribution in [0.3, 0.4) is 0 Å². The molecule has 3 amide bonds. The lowest BCUT2D eigenvalue weighted by Crippen LogP contribution is -2.47. The topological polar surface area (TPSA) is 66.5 Å². The van der Waals surface area contributed by atoms with Crippen molar-refractivity contribution < 1.29 is 14.4 Å². The summed E-state index contributed by atoms with van der Waals surface area (Å²) in [5.41, 5.74) is 0.180. The van der Waals surface area contributed by atoms with Gasteiger partial charge in [-0.25, -0.2) is 0 Å². The molecule has 2 rings (SSSR count). The van der Waals surface area contributed by atoms with E-state index in [4.69, 9.17) is 0 Å². The van der Waals surface area contributed by atoms with Crippen LogP contribution in [-0.2, 0) is 14.4 Å². The monoisotopic (exact) mass is 308 g/mol. The van der Waals surface area contributed by atoms with E-state index in [1.165, 1.54) is 11.3 Å². The van der Waals surface area contributed by atoms with E-state index in [0.29, 0.717) is 5.92 Å². The Morgan fingerprint density at radius 3 is 2.32 bits per heavy atom. The first-order valence-corrected chi connectivity index (χ1v) is 8.41. The third kappa shape index (κ3) is 4.08. The molecule has 0 radical (unpaired) electrons. The highest BCUT2D eigenvalue weighted by atomic mass is 16.2. The van der Waals surface area contributed by atoms with Crippen molar-refractivity contribution in [1.82, 2.24) is 10.2 Å². The van der Waals surface area contributed by atoms with E-state index in [-0.39, 0.29) is 55.0 Å². The summed E-state index contributed by atoms with van der Waals surface area (Å²) in [5, 5.41) is 3.14. The number of nitrogens with one attached hydrogen (secondary N) is 1. The average molecular weight is 308 g/mol. The lowest BCUT2D eigenvalue weighted by atomic mass is 9.69. The van der Waals surface area contributed by atoms with E-state index in [9.17, 15) is 14.4 Å². The fourth-order valence-corrected chi connectivity index (χ4v) is 3.70. The second-order valence-corrected chi connectivity index (χ2v) is 7.62. The van der Waals surface area contributed by atoms with Gasteiger partial charge in [0.15, 0.2) is 0 Å². The summed E-state index contributed by atoms with van der Waals surface area (Å²) in [4.78, 5) is 36.5. The SMILES string of the molecule is CC(C)(C)[C@@H]1CCCC[C@H]1NC(=O)CCN1C(=O)CCC1=O. The van der Waals surface area contributed by atoms with Crippen LogP contribution in [0, 0.1) is 11.3 Å². The molecule has 0 aromatic carbocycles. The predicted molar refractivity (Wildman–Crippen MR) is 83.9 cm³/mol. The Bertz CT molecular complexity index is 437. The summed E-state index contributed by atoms with van der Waals surface area (Å²) in [5.74, 6) is 0.139. The summed E-state index contributed by atoms with van der Waals surface area (Å²) < 4.78 is 0. The van der Waals surface area contributed by atoms with Crippen molar-refractivity contribution in [3.63, 3.8) is 0 Å². The third-order valence-corrected chi connectivity index (χ3v) is 4.94. The number of hydrogen-bond acceptors (Lipinski definition) is 3. The van der Waals surface area contributed by atoms with Crippen molar-refractivity contribution in [2.75, 3.05) is 6.54 Å². The molecule has 1 N–H and O–H groups in total. The van der Waals surface area contributed by atoms with Gasteiger partial charge in [-0.3, -0.25) is 19.3 Å². The van der Waals surface area contributed by atoms with Gasteiger partial charge in [0.25, 0.3) is 0 Å². The minimum atomic E-state index is -0.150. The van der Waals surface area contributed by atoms with Gasteiger partial charge in [-0.1, -0.05) is 33.6 Å². The number of carbonyl (C=O) groups excluding carboxylic acids is 3. The number of nitrogens with zero attached hydrogens (tertiary/aromatic N) is 1. The molecule has 2 aliphatic rings. The van der Waals surface area contributed by atoms with E-state index in [2.05, 4.69) is 26.1 Å². The minimum Gasteiger partial charge on any atom is -0.353 e. The summed E-state index contributed by atoms with van der Waals surface area (Å²) >= 11 is 0. The highest BCUT2D eigenvalue weighted by Crippen LogP contribution is 2.38. The van der Waals surface area contributed by atoms with Gasteiger partial charge < -0.3 is 5.32 Å². The highest BCUT2D eigenvalue weighted by molar-refractivity contribution is 6.02. The Labute approximate surface area is 132 Å². The summed E-state index contributed by atoms with van der Waals surface area (Å²) in [6, 6.07) is 0.214. The van der Waals surface area contributed by atoms with E-state index in [1.54, 1.807) is 0 Å². The summed E-state index contributed by atoms with van der Waals surface area (Å²) in [7, 11) is 0. The van der Waals surface area contributed by atoms with Crippen LogP contribution in [0.2, 0.25) is 0 Å². The van der Waals surface area contributed by atoms with Crippen molar-refractivity contribution in [3.05, 3.63) is 0 Å². The molecule has 0 bridgehead atoms. The molecule has 5 heteroatoms. The van der Waals surface area contributed by atoms with Crippen LogP contribution in [0.1, 0.15) is 65.7 Å². The van der Waals surface area contributed by atoms with Crippen LogP contribution in [0.5, 0.6) is 0 Å². The molecule has 1 saturated heterocycles. The molecule has 124 valence electrons. The Morgan fingerprint density at radius 2 is 1.73 bits per heavy atom. The first kappa shape index (κ1) is 17.0. The van der Waals surface area contributed by atoms with Crippen LogP contribution < -0.4 is 5.32 Å². The van der Waals surface area contributed by atoms with Crippen molar-refractivity contribution >= 4 is 17.7 Å². The van der Waals surface area contributed by atoms with Crippen LogP contribution >= 0.6 is 0 Å². The number of rotatable bonds is 4. The average Bonchev–Trinajstić information content (AvgIpc) is 2.75. The van der Waals surface area contributed by atoms with Crippen molar-refractivity contribution in [1.29, 1.82) is 0 Å². The molecule has 1 saturated carbocycles. The van der Waals surface area contributed by atoms with Crippen LogP contribution in [-0.4, -0.2) is 35.2 Å². The molecule has 1 aliphatic carbocycles. The number of likely N-dealkylation sites (tertiary alicyclic amines) is 1. The number of imide groups is 1. The molecule has 0 aromatic heterocycles. The van der Waals surface area contributed by atoms with Crippen LogP contribution in [0.25, 0.3) is 0 Å². The van der Waals surface area contributed by atoms with Crippen molar-refractivity contribution in [3.8, 4) is 0 Å². The van der Waals surface area contributed by atoms with Gasteiger partial charge in [-0.2, -0.15) is 0 Å². The second kappa shape index (κ2) is 6.80. The number of amides is 3. The maximum atomic E-state index is 12.2. The molecule has 2 fully saturated rings. The lowest BCUT2D eigenvalue weighted by molar-refractivity contribution is -0.138. The molecule has 1 aliphatic heterocycles. The quantitative estimate of drug-likeness (QED) is 0.810. The maximum absolute atomic E-state index is 12.2. The second-order valence-electron chi connectivity index (χ2n) is 7.62. The van der Waals surface area contributed by atoms with Gasteiger partial charge >= 0.3 is 0 Å². The number of hydrogen-bond donors (Lipinski definition) is 1. The van der Waals surface area contributed by atoms with Gasteiger partial charge in [-0.15, -0.1) is 0 Å². The van der Waals surface area contributed by atoms with Crippen molar-refractivity contribution in [2.24, 2.45) is 11.3 Å². The molecule has 0 unspecified atom stereocenters. The molecule has 2 atom stereocenters. The van der Waals surface area contributed by atoms with Crippen molar-refractivity contribution in [2.45, 2.75) is 71.8 Å². The van der Waals surface area contributed by atoms with E-state index in [0.717, 1.165) is 19.3 Å². The molecular weight excluding hydrogens is 280 g/mol. The number of carbonyl (C=O) groups is 3. The normalized spacial score (nSPS) is 26.4. The molecule has 0 spiro atoms. The van der Waals surface area contributed by atoms with E-state index >= 15 is 0 Å². The fraction of sp³-hybridized carbons (Fsp3) is 0.824. The Balaban J connectivity index is 1.85. The zero-order valence-corrected chi connectivity index (χ0v) is 14.0. The predicted octanol–water partition coefficient (Wildman–Crippen LogP) is 2.25. The van der Waals surface area contributed by atoms with E-state index < -0.39 is 0 Å². The lowest BCUT2D eigenvalue weighted by Gasteiger charge is -2.40. The Hall–Kier alpha value is -1.39. The van der Waals surface area contributed by atoms with Gasteiger partial charge in [0.2, 0.25) is 17.7 Å². The smallest absolute Gasteiger partial charge is 0.229 e. The van der Waals surface area contributed by atoms with Crippen LogP contribution in [0.4, 0.5) is 0 Å². The first-order chi connectivity index (χ1) is 10.3. The third-order valence-electron chi connectivity index (χ3n) is 4.94. The van der Waals surface area contributed by atoms with Gasteiger partial charge in [0.1, 0.15) is 0 Å². The first-order valence-electron chi connectivity index (χ1n) is 8.41. The standard InChI is InChI=1S/C17H28N2O3/c1-17(2,3)12-6-4-5-7-13(12)18-14(20)10-11-19-15(21)8-9-16(19)22/h12-13H,4-11H2,1-3H3,(H,18,20)/t12-,13-/m1/s1. The van der Waals surface area contributed by atoms with Gasteiger partial charge in [0.05, 0.1) is 0 Å². The molecule has 0 aromatic rings. The molecule has 5 nitrogen and oxygen atoms in total.